The number of nitrogens with one attached hydrogen (secondary N) is 1. The Morgan fingerprint density at radius 2 is 2.09 bits per heavy atom. The normalized spacial score (nSPS) is 14.2. The van der Waals surface area contributed by atoms with Crippen molar-refractivity contribution in [3.8, 4) is 17.3 Å². The van der Waals surface area contributed by atoms with Crippen LogP contribution >= 0.6 is 0 Å². The Hall–Kier alpha value is -4.00. The Labute approximate surface area is 183 Å². The first-order valence-electron chi connectivity index (χ1n) is 9.91. The van der Waals surface area contributed by atoms with E-state index in [0.717, 1.165) is 25.9 Å². The summed E-state index contributed by atoms with van der Waals surface area (Å²) in [5.41, 5.74) is 9.55. The molecule has 0 unspecified atom stereocenters. The van der Waals surface area contributed by atoms with Crippen LogP contribution in [0.2, 0.25) is 0 Å². The molecule has 0 bridgehead atoms. The van der Waals surface area contributed by atoms with Gasteiger partial charge in [-0.15, -0.1) is 5.10 Å². The SMILES string of the molecule is COc1ccc(OC)c(/C=N/NC(=O)c2c(CN3CCCC3)nnn2-c2nonc2N)c1. The molecule has 0 radical (unpaired) electrons. The molecule has 1 saturated heterocycles. The third-order valence-electron chi connectivity index (χ3n) is 5.03. The zero-order valence-electron chi connectivity index (χ0n) is 17.7. The van der Waals surface area contributed by atoms with Crippen molar-refractivity contribution < 1.29 is 18.9 Å². The maximum Gasteiger partial charge on any atom is 0.292 e. The van der Waals surface area contributed by atoms with E-state index in [4.69, 9.17) is 15.2 Å². The maximum absolute atomic E-state index is 13.1. The van der Waals surface area contributed by atoms with Gasteiger partial charge < -0.3 is 15.2 Å². The van der Waals surface area contributed by atoms with Crippen LogP contribution in [0.15, 0.2) is 27.9 Å². The molecule has 1 amide bonds. The molecular weight excluding hydrogens is 418 g/mol. The minimum absolute atomic E-state index is 0.0127. The molecule has 3 N–H and O–H groups in total. The van der Waals surface area contributed by atoms with E-state index in [1.54, 1.807) is 32.4 Å². The summed E-state index contributed by atoms with van der Waals surface area (Å²) in [6.07, 6.45) is 3.66. The quantitative estimate of drug-likeness (QED) is 0.374. The third kappa shape index (κ3) is 4.37. The highest BCUT2D eigenvalue weighted by atomic mass is 16.6. The second-order valence-electron chi connectivity index (χ2n) is 7.06. The van der Waals surface area contributed by atoms with E-state index in [2.05, 4.69) is 40.7 Å². The van der Waals surface area contributed by atoms with Gasteiger partial charge in [-0.05, 0) is 54.4 Å². The van der Waals surface area contributed by atoms with E-state index in [1.165, 1.54) is 10.9 Å². The van der Waals surface area contributed by atoms with E-state index in [9.17, 15) is 4.79 Å². The fourth-order valence-corrected chi connectivity index (χ4v) is 3.44. The molecule has 1 fully saturated rings. The molecule has 1 aromatic carbocycles. The molecule has 2 aromatic heterocycles. The Morgan fingerprint density at radius 1 is 1.28 bits per heavy atom. The standard InChI is InChI=1S/C19H23N9O4/c1-30-13-5-6-15(31-2)12(9-13)10-21-23-19(29)16-14(11-27-7-3-4-8-27)22-26-28(16)18-17(20)24-32-25-18/h5-6,9-10H,3-4,7-8,11H2,1-2H3,(H2,20,24)(H,23,29)/b21-10+. The summed E-state index contributed by atoms with van der Waals surface area (Å²) in [7, 11) is 3.11. The summed E-state index contributed by atoms with van der Waals surface area (Å²) in [5, 5.41) is 19.6. The average molecular weight is 441 g/mol. The number of rotatable bonds is 8. The number of anilines is 1. The van der Waals surface area contributed by atoms with E-state index >= 15 is 0 Å². The first kappa shape index (κ1) is 21.2. The topological polar surface area (TPSA) is 159 Å². The van der Waals surface area contributed by atoms with Crippen LogP contribution < -0.4 is 20.6 Å². The van der Waals surface area contributed by atoms with Crippen molar-refractivity contribution in [1.82, 2.24) is 35.6 Å². The number of hydrogen-bond donors (Lipinski definition) is 2. The van der Waals surface area contributed by atoms with Crippen molar-refractivity contribution in [2.75, 3.05) is 33.0 Å². The summed E-state index contributed by atoms with van der Waals surface area (Å²) in [6, 6.07) is 5.25. The minimum atomic E-state index is -0.537. The number of nitrogen functional groups attached to an aromatic ring is 1. The predicted octanol–water partition coefficient (Wildman–Crippen LogP) is 0.609. The molecule has 4 rings (SSSR count). The highest BCUT2D eigenvalue weighted by Gasteiger charge is 2.26. The molecule has 168 valence electrons. The lowest BCUT2D eigenvalue weighted by atomic mass is 10.2. The molecule has 13 heteroatoms. The van der Waals surface area contributed by atoms with E-state index in [-0.39, 0.29) is 17.3 Å². The summed E-state index contributed by atoms with van der Waals surface area (Å²) >= 11 is 0. The number of amides is 1. The van der Waals surface area contributed by atoms with Crippen LogP contribution in [0.1, 0.15) is 34.6 Å². The number of nitrogens with zero attached hydrogens (tertiary/aromatic N) is 7. The van der Waals surface area contributed by atoms with Crippen molar-refractivity contribution >= 4 is 17.9 Å². The first-order valence-corrected chi connectivity index (χ1v) is 9.91. The largest absolute Gasteiger partial charge is 0.497 e. The number of methoxy groups -OCH3 is 2. The molecule has 0 spiro atoms. The molecule has 0 aliphatic carbocycles. The number of ether oxygens (including phenoxy) is 2. The van der Waals surface area contributed by atoms with Gasteiger partial charge in [0, 0.05) is 12.1 Å². The molecule has 3 aromatic rings. The van der Waals surface area contributed by atoms with Crippen molar-refractivity contribution in [2.24, 2.45) is 5.10 Å². The lowest BCUT2D eigenvalue weighted by Crippen LogP contribution is -2.26. The molecule has 0 atom stereocenters. The smallest absolute Gasteiger partial charge is 0.292 e. The minimum Gasteiger partial charge on any atom is -0.497 e. The second-order valence-corrected chi connectivity index (χ2v) is 7.06. The van der Waals surface area contributed by atoms with E-state index in [0.29, 0.717) is 29.3 Å². The summed E-state index contributed by atoms with van der Waals surface area (Å²) in [5.74, 6) is 0.731. The maximum atomic E-state index is 13.1. The van der Waals surface area contributed by atoms with E-state index in [1.807, 2.05) is 0 Å². The Balaban J connectivity index is 1.60. The molecule has 1 aliphatic rings. The number of nitrogens with two attached hydrogens (primary N) is 1. The van der Waals surface area contributed by atoms with Gasteiger partial charge in [0.2, 0.25) is 11.6 Å². The third-order valence-corrected chi connectivity index (χ3v) is 5.03. The van der Waals surface area contributed by atoms with Crippen LogP contribution in [0.5, 0.6) is 11.5 Å². The second kappa shape index (κ2) is 9.43. The van der Waals surface area contributed by atoms with Gasteiger partial charge in [0.1, 0.15) is 17.2 Å². The zero-order valence-corrected chi connectivity index (χ0v) is 17.7. The summed E-state index contributed by atoms with van der Waals surface area (Å²) in [6.45, 7) is 2.31. The van der Waals surface area contributed by atoms with Crippen molar-refractivity contribution in [3.63, 3.8) is 0 Å². The summed E-state index contributed by atoms with van der Waals surface area (Å²) in [4.78, 5) is 15.3. The van der Waals surface area contributed by atoms with Gasteiger partial charge in [-0.1, -0.05) is 5.21 Å². The number of benzene rings is 1. The molecule has 3 heterocycles. The average Bonchev–Trinajstić information content (AvgIpc) is 3.55. The van der Waals surface area contributed by atoms with E-state index < -0.39 is 5.91 Å². The van der Waals surface area contributed by atoms with Crippen molar-refractivity contribution in [1.29, 1.82) is 0 Å². The molecular formula is C19H23N9O4. The Bertz CT molecular complexity index is 1120. The number of aromatic nitrogens is 5. The Morgan fingerprint density at radius 3 is 2.78 bits per heavy atom. The monoisotopic (exact) mass is 441 g/mol. The Kier molecular flexibility index (Phi) is 6.26. The van der Waals surface area contributed by atoms with Gasteiger partial charge >= 0.3 is 0 Å². The van der Waals surface area contributed by atoms with Crippen LogP contribution in [0.4, 0.5) is 5.82 Å². The van der Waals surface area contributed by atoms with Gasteiger partial charge in [-0.25, -0.2) is 10.1 Å². The van der Waals surface area contributed by atoms with Gasteiger partial charge in [-0.3, -0.25) is 9.69 Å². The van der Waals surface area contributed by atoms with Gasteiger partial charge in [-0.2, -0.15) is 9.78 Å². The van der Waals surface area contributed by atoms with Crippen LogP contribution in [-0.4, -0.2) is 69.6 Å². The number of hydrazone groups is 1. The van der Waals surface area contributed by atoms with Crippen molar-refractivity contribution in [2.45, 2.75) is 19.4 Å². The summed E-state index contributed by atoms with van der Waals surface area (Å²) < 4.78 is 16.4. The number of carbonyl (C=O) groups is 1. The predicted molar refractivity (Wildman–Crippen MR) is 113 cm³/mol. The zero-order chi connectivity index (χ0) is 22.5. The van der Waals surface area contributed by atoms with Gasteiger partial charge in [0.05, 0.1) is 20.4 Å². The van der Waals surface area contributed by atoms with Crippen LogP contribution in [0.25, 0.3) is 5.82 Å². The highest BCUT2D eigenvalue weighted by molar-refractivity contribution is 5.95. The van der Waals surface area contributed by atoms with Crippen LogP contribution in [-0.2, 0) is 6.54 Å². The molecule has 0 saturated carbocycles. The lowest BCUT2D eigenvalue weighted by molar-refractivity contribution is 0.0945. The molecule has 32 heavy (non-hydrogen) atoms. The van der Waals surface area contributed by atoms with Crippen LogP contribution in [0.3, 0.4) is 0 Å². The number of likely N-dealkylation sites (tertiary alicyclic amines) is 1. The fourth-order valence-electron chi connectivity index (χ4n) is 3.44. The fraction of sp³-hybridized carbons (Fsp3) is 0.368. The number of hydrogen-bond acceptors (Lipinski definition) is 11. The van der Waals surface area contributed by atoms with Crippen LogP contribution in [0, 0.1) is 0 Å². The first-order chi connectivity index (χ1) is 15.6. The highest BCUT2D eigenvalue weighted by Crippen LogP contribution is 2.22. The molecule has 1 aliphatic heterocycles. The van der Waals surface area contributed by atoms with Crippen molar-refractivity contribution in [3.05, 3.63) is 35.2 Å². The lowest BCUT2D eigenvalue weighted by Gasteiger charge is -2.13. The van der Waals surface area contributed by atoms with Gasteiger partial charge in [0.15, 0.2) is 5.69 Å². The van der Waals surface area contributed by atoms with Gasteiger partial charge in [0.25, 0.3) is 5.91 Å². The molecule has 13 nitrogen and oxygen atoms in total. The number of carbonyl (C=O) groups excluding carboxylic acids is 1.